The van der Waals surface area contributed by atoms with Gasteiger partial charge in [0.15, 0.2) is 0 Å². The molecule has 2 rings (SSSR count). The molecular weight excluding hydrogens is 239 g/mol. The molecule has 2 N–H and O–H groups in total. The Bertz CT molecular complexity index is 622. The molecule has 4 nitrogen and oxygen atoms in total. The number of rotatable bonds is 1. The Morgan fingerprint density at radius 1 is 1.06 bits per heavy atom. The molecule has 0 aliphatic carbocycles. The predicted octanol–water partition coefficient (Wildman–Crippen LogP) is 1.41. The topological polar surface area (TPSA) is 74.6 Å². The van der Waals surface area contributed by atoms with Crippen LogP contribution in [0.25, 0.3) is 10.8 Å². The number of hydrogen-bond donors (Lipinski definition) is 2. The Hall–Kier alpha value is -0.590. The number of benzene rings is 2. The van der Waals surface area contributed by atoms with Crippen LogP contribution in [-0.2, 0) is 10.1 Å². The smallest absolute Gasteiger partial charge is 0.294 e. The van der Waals surface area contributed by atoms with Crippen molar-refractivity contribution in [1.82, 2.24) is 0 Å². The van der Waals surface area contributed by atoms with Crippen molar-refractivity contribution in [3.05, 3.63) is 36.4 Å². The van der Waals surface area contributed by atoms with E-state index in [-0.39, 0.29) is 40.2 Å². The van der Waals surface area contributed by atoms with Gasteiger partial charge in [-0.1, -0.05) is 24.3 Å². The second-order valence-electron chi connectivity index (χ2n) is 3.14. The van der Waals surface area contributed by atoms with Gasteiger partial charge in [0.1, 0.15) is 5.75 Å². The first-order chi connectivity index (χ1) is 6.98. The maximum absolute atomic E-state index is 10.9. The van der Waals surface area contributed by atoms with Crippen LogP contribution in [0, 0.1) is 0 Å². The molecule has 0 bridgehead atoms. The van der Waals surface area contributed by atoms with Gasteiger partial charge in [-0.15, -0.1) is 0 Å². The molecule has 0 heterocycles. The molecule has 0 aliphatic rings. The SMILES string of the molecule is O=S(=O)(O)c1cc(O)c2ccccc2c1.[Na]. The molecule has 1 radical (unpaired) electrons. The van der Waals surface area contributed by atoms with Crippen LogP contribution in [0.5, 0.6) is 5.75 Å². The van der Waals surface area contributed by atoms with Crippen molar-refractivity contribution in [2.45, 2.75) is 4.90 Å². The van der Waals surface area contributed by atoms with E-state index in [4.69, 9.17) is 4.55 Å². The molecule has 2 aromatic carbocycles. The summed E-state index contributed by atoms with van der Waals surface area (Å²) in [6, 6.07) is 9.11. The summed E-state index contributed by atoms with van der Waals surface area (Å²) >= 11 is 0. The van der Waals surface area contributed by atoms with E-state index in [0.717, 1.165) is 6.07 Å². The standard InChI is InChI=1S/C10H8O4S.Na/c11-10-6-8(15(12,13)14)5-7-3-1-2-4-9(7)10;/h1-6,11H,(H,12,13,14);. The monoisotopic (exact) mass is 247 g/mol. The molecule has 0 aliphatic heterocycles. The van der Waals surface area contributed by atoms with Gasteiger partial charge in [-0.05, 0) is 11.5 Å². The van der Waals surface area contributed by atoms with E-state index in [1.165, 1.54) is 6.07 Å². The van der Waals surface area contributed by atoms with Crippen molar-refractivity contribution in [3.8, 4) is 5.75 Å². The van der Waals surface area contributed by atoms with Gasteiger partial charge in [0.25, 0.3) is 10.1 Å². The fourth-order valence-corrected chi connectivity index (χ4v) is 1.95. The third-order valence-corrected chi connectivity index (χ3v) is 2.94. The minimum absolute atomic E-state index is 0. The van der Waals surface area contributed by atoms with Crippen LogP contribution in [0.15, 0.2) is 41.3 Å². The molecule has 0 unspecified atom stereocenters. The third kappa shape index (κ3) is 2.56. The summed E-state index contributed by atoms with van der Waals surface area (Å²) in [6.07, 6.45) is 0. The molecule has 0 aromatic heterocycles. The Labute approximate surface area is 115 Å². The summed E-state index contributed by atoms with van der Waals surface area (Å²) in [4.78, 5) is -0.307. The number of phenols is 1. The molecule has 6 heteroatoms. The van der Waals surface area contributed by atoms with Crippen LogP contribution in [0.2, 0.25) is 0 Å². The minimum Gasteiger partial charge on any atom is -0.507 e. The van der Waals surface area contributed by atoms with Crippen LogP contribution < -0.4 is 0 Å². The van der Waals surface area contributed by atoms with Gasteiger partial charge in [0, 0.05) is 41.0 Å². The van der Waals surface area contributed by atoms with E-state index in [0.29, 0.717) is 10.8 Å². The second kappa shape index (κ2) is 4.73. The first kappa shape index (κ1) is 13.5. The van der Waals surface area contributed by atoms with E-state index in [1.807, 2.05) is 0 Å². The Morgan fingerprint density at radius 3 is 2.31 bits per heavy atom. The van der Waals surface area contributed by atoms with Crippen LogP contribution in [0.3, 0.4) is 0 Å². The first-order valence-corrected chi connectivity index (χ1v) is 5.62. The van der Waals surface area contributed by atoms with Crippen molar-refractivity contribution in [2.24, 2.45) is 0 Å². The van der Waals surface area contributed by atoms with Gasteiger partial charge in [-0.25, -0.2) is 0 Å². The van der Waals surface area contributed by atoms with Crippen LogP contribution in [-0.4, -0.2) is 47.6 Å². The zero-order valence-electron chi connectivity index (χ0n) is 8.58. The molecule has 0 saturated heterocycles. The van der Waals surface area contributed by atoms with Crippen LogP contribution in [0.1, 0.15) is 0 Å². The maximum atomic E-state index is 10.9. The van der Waals surface area contributed by atoms with Gasteiger partial charge < -0.3 is 5.11 Å². The normalized spacial score (nSPS) is 11.1. The number of fused-ring (bicyclic) bond motifs is 1. The van der Waals surface area contributed by atoms with E-state index in [2.05, 4.69) is 0 Å². The Balaban J connectivity index is 0.00000128. The molecule has 79 valence electrons. The quantitative estimate of drug-likeness (QED) is 0.590. The molecule has 16 heavy (non-hydrogen) atoms. The fraction of sp³-hybridized carbons (Fsp3) is 0. The van der Waals surface area contributed by atoms with Crippen molar-refractivity contribution in [3.63, 3.8) is 0 Å². The first-order valence-electron chi connectivity index (χ1n) is 4.18. The van der Waals surface area contributed by atoms with Crippen LogP contribution in [0.4, 0.5) is 0 Å². The van der Waals surface area contributed by atoms with E-state index < -0.39 is 10.1 Å². The van der Waals surface area contributed by atoms with Crippen molar-refractivity contribution >= 4 is 50.4 Å². The zero-order chi connectivity index (χ0) is 11.1. The summed E-state index contributed by atoms with van der Waals surface area (Å²) in [5.74, 6) is -0.166. The Morgan fingerprint density at radius 2 is 1.69 bits per heavy atom. The minimum atomic E-state index is -4.28. The molecule has 2 aromatic rings. The summed E-state index contributed by atoms with van der Waals surface area (Å²) in [5.41, 5.74) is 0. The van der Waals surface area contributed by atoms with E-state index >= 15 is 0 Å². The summed E-state index contributed by atoms with van der Waals surface area (Å²) in [5, 5.41) is 10.6. The molecule has 0 atom stereocenters. The predicted molar refractivity (Wildman–Crippen MR) is 61.2 cm³/mol. The molecule has 0 saturated carbocycles. The van der Waals surface area contributed by atoms with Gasteiger partial charge >= 0.3 is 0 Å². The molecule has 0 spiro atoms. The molecule has 0 fully saturated rings. The molecular formula is C10H8NaO4S. The summed E-state index contributed by atoms with van der Waals surface area (Å²) in [7, 11) is -4.28. The Kier molecular flexibility index (Phi) is 3.98. The maximum Gasteiger partial charge on any atom is 0.294 e. The van der Waals surface area contributed by atoms with Crippen molar-refractivity contribution < 1.29 is 18.1 Å². The van der Waals surface area contributed by atoms with Crippen LogP contribution >= 0.6 is 0 Å². The number of phenolic OH excluding ortho intramolecular Hbond substituents is 1. The average molecular weight is 247 g/mol. The fourth-order valence-electron chi connectivity index (χ4n) is 1.41. The number of aromatic hydroxyl groups is 1. The van der Waals surface area contributed by atoms with Gasteiger partial charge in [0.05, 0.1) is 4.90 Å². The van der Waals surface area contributed by atoms with Gasteiger partial charge in [-0.3, -0.25) is 4.55 Å². The average Bonchev–Trinajstić information content (AvgIpc) is 2.16. The van der Waals surface area contributed by atoms with E-state index in [1.54, 1.807) is 24.3 Å². The summed E-state index contributed by atoms with van der Waals surface area (Å²) in [6.45, 7) is 0. The zero-order valence-corrected chi connectivity index (χ0v) is 11.4. The van der Waals surface area contributed by atoms with E-state index in [9.17, 15) is 13.5 Å². The third-order valence-electron chi connectivity index (χ3n) is 2.11. The second-order valence-corrected chi connectivity index (χ2v) is 4.56. The van der Waals surface area contributed by atoms with Crippen molar-refractivity contribution in [2.75, 3.05) is 0 Å². The van der Waals surface area contributed by atoms with Gasteiger partial charge in [0.2, 0.25) is 0 Å². The number of hydrogen-bond acceptors (Lipinski definition) is 3. The summed E-state index contributed by atoms with van der Waals surface area (Å²) < 4.78 is 30.6. The molecule has 0 amide bonds. The largest absolute Gasteiger partial charge is 0.507 e. The van der Waals surface area contributed by atoms with Gasteiger partial charge in [-0.2, -0.15) is 8.42 Å². The van der Waals surface area contributed by atoms with Crippen molar-refractivity contribution in [1.29, 1.82) is 0 Å².